The summed E-state index contributed by atoms with van der Waals surface area (Å²) in [6.07, 6.45) is 1.64. The molecule has 0 saturated heterocycles. The van der Waals surface area contributed by atoms with Gasteiger partial charge in [-0.3, -0.25) is 15.1 Å². The minimum Gasteiger partial charge on any atom is -0.374 e. The summed E-state index contributed by atoms with van der Waals surface area (Å²) in [5, 5.41) is 13.7. The van der Waals surface area contributed by atoms with Crippen molar-refractivity contribution >= 4 is 27.3 Å². The topological polar surface area (TPSA) is 68.1 Å². The number of nitrogens with one attached hydrogen (secondary N) is 1. The Labute approximate surface area is 116 Å². The Hall–Kier alpha value is -2.02. The summed E-state index contributed by atoms with van der Waals surface area (Å²) in [7, 11) is 0. The number of benzene rings is 1. The Morgan fingerprint density at radius 2 is 2.16 bits per heavy atom. The van der Waals surface area contributed by atoms with E-state index in [1.54, 1.807) is 12.3 Å². The van der Waals surface area contributed by atoms with E-state index in [0.717, 1.165) is 16.2 Å². The van der Waals surface area contributed by atoms with Gasteiger partial charge in [-0.2, -0.15) is 0 Å². The average Bonchev–Trinajstić information content (AvgIpc) is 2.39. The summed E-state index contributed by atoms with van der Waals surface area (Å²) < 4.78 is 13.8. The Balaban J connectivity index is 2.15. The minimum atomic E-state index is -0.640. The van der Waals surface area contributed by atoms with E-state index in [0.29, 0.717) is 6.54 Å². The van der Waals surface area contributed by atoms with Crippen molar-refractivity contribution in [3.05, 3.63) is 62.6 Å². The third-order valence-corrected chi connectivity index (χ3v) is 2.87. The van der Waals surface area contributed by atoms with Crippen molar-refractivity contribution in [1.29, 1.82) is 0 Å². The van der Waals surface area contributed by atoms with Gasteiger partial charge in [-0.05, 0) is 40.2 Å². The SMILES string of the molecule is O=[N+]([O-])c1cc(F)ccc1NCc1ccc(Br)cn1. The average molecular weight is 326 g/mol. The molecule has 0 spiro atoms. The highest BCUT2D eigenvalue weighted by atomic mass is 79.9. The van der Waals surface area contributed by atoms with E-state index in [-0.39, 0.29) is 11.4 Å². The molecule has 98 valence electrons. The fourth-order valence-corrected chi connectivity index (χ4v) is 1.74. The van der Waals surface area contributed by atoms with Crippen LogP contribution in [0.25, 0.3) is 0 Å². The van der Waals surface area contributed by atoms with Crippen molar-refractivity contribution in [3.63, 3.8) is 0 Å². The Morgan fingerprint density at radius 3 is 2.79 bits per heavy atom. The molecule has 0 aliphatic carbocycles. The number of nitrogens with zero attached hydrogens (tertiary/aromatic N) is 2. The monoisotopic (exact) mass is 325 g/mol. The zero-order chi connectivity index (χ0) is 13.8. The Morgan fingerprint density at radius 1 is 1.37 bits per heavy atom. The summed E-state index contributed by atoms with van der Waals surface area (Å²) in [6.45, 7) is 0.319. The third-order valence-electron chi connectivity index (χ3n) is 2.41. The van der Waals surface area contributed by atoms with Gasteiger partial charge in [0.2, 0.25) is 0 Å². The maximum absolute atomic E-state index is 13.0. The third kappa shape index (κ3) is 3.47. The van der Waals surface area contributed by atoms with Gasteiger partial charge in [0, 0.05) is 10.7 Å². The molecule has 0 aliphatic rings. The first-order valence-corrected chi connectivity index (χ1v) is 6.14. The van der Waals surface area contributed by atoms with Gasteiger partial charge in [0.25, 0.3) is 5.69 Å². The number of anilines is 1. The van der Waals surface area contributed by atoms with Crippen LogP contribution in [0.4, 0.5) is 15.8 Å². The maximum Gasteiger partial charge on any atom is 0.295 e. The van der Waals surface area contributed by atoms with Gasteiger partial charge in [0.1, 0.15) is 11.5 Å². The molecule has 7 heteroatoms. The van der Waals surface area contributed by atoms with E-state index in [4.69, 9.17) is 0 Å². The lowest BCUT2D eigenvalue weighted by molar-refractivity contribution is -0.384. The molecule has 1 aromatic heterocycles. The van der Waals surface area contributed by atoms with Crippen molar-refractivity contribution in [2.75, 3.05) is 5.32 Å². The molecule has 2 aromatic rings. The number of aromatic nitrogens is 1. The van der Waals surface area contributed by atoms with Crippen LogP contribution >= 0.6 is 15.9 Å². The van der Waals surface area contributed by atoms with E-state index >= 15 is 0 Å². The lowest BCUT2D eigenvalue weighted by atomic mass is 10.2. The second kappa shape index (κ2) is 5.75. The number of hydrogen-bond acceptors (Lipinski definition) is 4. The van der Waals surface area contributed by atoms with Crippen LogP contribution in [-0.2, 0) is 6.54 Å². The fraction of sp³-hybridized carbons (Fsp3) is 0.0833. The van der Waals surface area contributed by atoms with E-state index in [1.165, 1.54) is 12.1 Å². The summed E-state index contributed by atoms with van der Waals surface area (Å²) in [5.74, 6) is -0.640. The first-order chi connectivity index (χ1) is 9.06. The number of hydrogen-bond donors (Lipinski definition) is 1. The smallest absolute Gasteiger partial charge is 0.295 e. The van der Waals surface area contributed by atoms with E-state index in [2.05, 4.69) is 26.2 Å². The van der Waals surface area contributed by atoms with Crippen LogP contribution in [0.5, 0.6) is 0 Å². The van der Waals surface area contributed by atoms with Crippen molar-refractivity contribution < 1.29 is 9.31 Å². The lowest BCUT2D eigenvalue weighted by Crippen LogP contribution is -2.04. The van der Waals surface area contributed by atoms with Crippen LogP contribution in [0.3, 0.4) is 0 Å². The van der Waals surface area contributed by atoms with Crippen molar-refractivity contribution in [2.24, 2.45) is 0 Å². The molecule has 5 nitrogen and oxygen atoms in total. The van der Waals surface area contributed by atoms with Gasteiger partial charge >= 0.3 is 0 Å². The molecule has 19 heavy (non-hydrogen) atoms. The second-order valence-corrected chi connectivity index (χ2v) is 4.66. The second-order valence-electron chi connectivity index (χ2n) is 3.74. The number of halogens is 2. The molecule has 0 amide bonds. The number of rotatable bonds is 4. The van der Waals surface area contributed by atoms with Gasteiger partial charge in [0.05, 0.1) is 23.2 Å². The standard InChI is InChI=1S/C12H9BrFN3O2/c13-8-1-3-10(15-6-8)7-16-11-4-2-9(14)5-12(11)17(18)19/h1-6,16H,7H2. The van der Waals surface area contributed by atoms with Crippen LogP contribution < -0.4 is 5.32 Å². The van der Waals surface area contributed by atoms with E-state index in [9.17, 15) is 14.5 Å². The molecule has 0 radical (unpaired) electrons. The van der Waals surface area contributed by atoms with Gasteiger partial charge in [0.15, 0.2) is 0 Å². The largest absolute Gasteiger partial charge is 0.374 e. The molecule has 1 aromatic carbocycles. The molecule has 0 saturated carbocycles. The summed E-state index contributed by atoms with van der Waals surface area (Å²) >= 11 is 3.27. The molecule has 1 N–H and O–H groups in total. The van der Waals surface area contributed by atoms with Crippen LogP contribution in [-0.4, -0.2) is 9.91 Å². The molecule has 1 heterocycles. The molecule has 0 fully saturated rings. The minimum absolute atomic E-state index is 0.260. The van der Waals surface area contributed by atoms with Crippen LogP contribution in [0.2, 0.25) is 0 Å². The van der Waals surface area contributed by atoms with Crippen molar-refractivity contribution in [1.82, 2.24) is 4.98 Å². The van der Waals surface area contributed by atoms with Crippen molar-refractivity contribution in [2.45, 2.75) is 6.54 Å². The molecule has 0 unspecified atom stereocenters. The molecular weight excluding hydrogens is 317 g/mol. The molecule has 0 atom stereocenters. The van der Waals surface area contributed by atoms with Gasteiger partial charge in [-0.25, -0.2) is 4.39 Å². The number of nitro groups is 1. The molecular formula is C12H9BrFN3O2. The van der Waals surface area contributed by atoms with Crippen LogP contribution in [0.1, 0.15) is 5.69 Å². The van der Waals surface area contributed by atoms with Gasteiger partial charge in [-0.15, -0.1) is 0 Å². The fourth-order valence-electron chi connectivity index (χ4n) is 1.50. The van der Waals surface area contributed by atoms with E-state index < -0.39 is 10.7 Å². The van der Waals surface area contributed by atoms with Gasteiger partial charge < -0.3 is 5.32 Å². The predicted octanol–water partition coefficient (Wildman–Crippen LogP) is 3.50. The quantitative estimate of drug-likeness (QED) is 0.690. The first-order valence-electron chi connectivity index (χ1n) is 5.34. The summed E-state index contributed by atoms with van der Waals surface area (Å²) in [6, 6.07) is 7.00. The van der Waals surface area contributed by atoms with Crippen LogP contribution in [0.15, 0.2) is 41.0 Å². The molecule has 2 rings (SSSR count). The zero-order valence-corrected chi connectivity index (χ0v) is 11.2. The number of pyridine rings is 1. The Kier molecular flexibility index (Phi) is 4.06. The predicted molar refractivity (Wildman–Crippen MR) is 72.3 cm³/mol. The van der Waals surface area contributed by atoms with Crippen LogP contribution in [0, 0.1) is 15.9 Å². The van der Waals surface area contributed by atoms with E-state index in [1.807, 2.05) is 6.07 Å². The first kappa shape index (κ1) is 13.4. The summed E-state index contributed by atoms with van der Waals surface area (Å²) in [4.78, 5) is 14.3. The highest BCUT2D eigenvalue weighted by Gasteiger charge is 2.14. The zero-order valence-electron chi connectivity index (χ0n) is 9.64. The number of nitro benzene ring substituents is 1. The lowest BCUT2D eigenvalue weighted by Gasteiger charge is -2.06. The molecule has 0 bridgehead atoms. The normalized spacial score (nSPS) is 10.2. The molecule has 0 aliphatic heterocycles. The maximum atomic E-state index is 13.0. The highest BCUT2D eigenvalue weighted by Crippen LogP contribution is 2.25. The highest BCUT2D eigenvalue weighted by molar-refractivity contribution is 9.10. The van der Waals surface area contributed by atoms with Crippen molar-refractivity contribution in [3.8, 4) is 0 Å². The summed E-state index contributed by atoms with van der Waals surface area (Å²) in [5.41, 5.74) is 0.690. The van der Waals surface area contributed by atoms with Gasteiger partial charge in [-0.1, -0.05) is 0 Å². The Bertz CT molecular complexity index is 604.